The van der Waals surface area contributed by atoms with Gasteiger partial charge in [0.25, 0.3) is 0 Å². The van der Waals surface area contributed by atoms with Crippen LogP contribution in [0, 0.1) is 5.92 Å². The van der Waals surface area contributed by atoms with E-state index in [0.29, 0.717) is 0 Å². The van der Waals surface area contributed by atoms with Crippen molar-refractivity contribution < 1.29 is 0 Å². The number of nitrogens with one attached hydrogen (secondary N) is 2. The van der Waals surface area contributed by atoms with Crippen LogP contribution in [0.1, 0.15) is 13.3 Å². The van der Waals surface area contributed by atoms with E-state index in [4.69, 9.17) is 0 Å². The molecule has 1 atom stereocenters. The first-order valence-corrected chi connectivity index (χ1v) is 6.28. The number of hydrogen-bond acceptors (Lipinski definition) is 5. The lowest BCUT2D eigenvalue weighted by atomic mass is 10.1. The van der Waals surface area contributed by atoms with Crippen molar-refractivity contribution in [3.8, 4) is 0 Å². The Labute approximate surface area is 103 Å². The minimum atomic E-state index is 0.731. The molecule has 2 heterocycles. The van der Waals surface area contributed by atoms with Crippen molar-refractivity contribution in [3.63, 3.8) is 0 Å². The van der Waals surface area contributed by atoms with Crippen molar-refractivity contribution in [1.29, 1.82) is 0 Å². The predicted molar refractivity (Wildman–Crippen MR) is 70.3 cm³/mol. The third kappa shape index (κ3) is 3.30. The van der Waals surface area contributed by atoms with Gasteiger partial charge in [0.05, 0.1) is 12.4 Å². The van der Waals surface area contributed by atoms with Crippen molar-refractivity contribution in [2.45, 2.75) is 13.3 Å². The summed E-state index contributed by atoms with van der Waals surface area (Å²) in [6.07, 6.45) is 4.77. The van der Waals surface area contributed by atoms with E-state index in [2.05, 4.69) is 32.4 Å². The molecule has 94 valence electrons. The van der Waals surface area contributed by atoms with Crippen molar-refractivity contribution >= 4 is 11.6 Å². The van der Waals surface area contributed by atoms with Crippen molar-refractivity contribution in [2.24, 2.45) is 5.92 Å². The highest BCUT2D eigenvalue weighted by molar-refractivity contribution is 5.40. The van der Waals surface area contributed by atoms with Gasteiger partial charge in [0.15, 0.2) is 0 Å². The molecule has 1 aromatic heterocycles. The van der Waals surface area contributed by atoms with Crippen LogP contribution in [0.3, 0.4) is 0 Å². The van der Waals surface area contributed by atoms with Crippen LogP contribution in [-0.4, -0.2) is 48.1 Å². The molecular weight excluding hydrogens is 214 g/mol. The normalized spacial score (nSPS) is 20.5. The summed E-state index contributed by atoms with van der Waals surface area (Å²) in [5, 5.41) is 6.36. The van der Waals surface area contributed by atoms with Crippen LogP contribution >= 0.6 is 0 Å². The second kappa shape index (κ2) is 5.82. The SMILES string of the molecule is CCN1CCC(CNc2cncc(NC)n2)C1. The molecule has 1 aliphatic heterocycles. The topological polar surface area (TPSA) is 53.1 Å². The molecule has 2 N–H and O–H groups in total. The quantitative estimate of drug-likeness (QED) is 0.805. The third-order valence-electron chi connectivity index (χ3n) is 3.28. The van der Waals surface area contributed by atoms with Gasteiger partial charge in [0.1, 0.15) is 11.6 Å². The molecule has 0 bridgehead atoms. The molecule has 0 radical (unpaired) electrons. The molecule has 0 aromatic carbocycles. The smallest absolute Gasteiger partial charge is 0.146 e. The van der Waals surface area contributed by atoms with Crippen LogP contribution in [0.25, 0.3) is 0 Å². The van der Waals surface area contributed by atoms with E-state index in [0.717, 1.165) is 30.6 Å². The van der Waals surface area contributed by atoms with Crippen LogP contribution in [0.5, 0.6) is 0 Å². The highest BCUT2D eigenvalue weighted by Crippen LogP contribution is 2.16. The van der Waals surface area contributed by atoms with Crippen LogP contribution in [0.4, 0.5) is 11.6 Å². The van der Waals surface area contributed by atoms with E-state index in [-0.39, 0.29) is 0 Å². The second-order valence-electron chi connectivity index (χ2n) is 4.47. The maximum Gasteiger partial charge on any atom is 0.146 e. The maximum absolute atomic E-state index is 4.39. The first-order chi connectivity index (χ1) is 8.31. The Bertz CT molecular complexity index is 355. The lowest BCUT2D eigenvalue weighted by Crippen LogP contribution is -2.22. The van der Waals surface area contributed by atoms with Gasteiger partial charge in [-0.05, 0) is 25.4 Å². The summed E-state index contributed by atoms with van der Waals surface area (Å²) in [6, 6.07) is 0. The Morgan fingerprint density at radius 2 is 2.24 bits per heavy atom. The maximum atomic E-state index is 4.39. The van der Waals surface area contributed by atoms with E-state index in [1.807, 2.05) is 7.05 Å². The number of anilines is 2. The zero-order valence-electron chi connectivity index (χ0n) is 10.6. The van der Waals surface area contributed by atoms with E-state index in [1.54, 1.807) is 12.4 Å². The predicted octanol–water partition coefficient (Wildman–Crippen LogP) is 1.27. The molecule has 1 fully saturated rings. The lowest BCUT2D eigenvalue weighted by molar-refractivity contribution is 0.345. The van der Waals surface area contributed by atoms with Crippen LogP contribution in [0.2, 0.25) is 0 Å². The highest BCUT2D eigenvalue weighted by Gasteiger charge is 2.20. The first-order valence-electron chi connectivity index (χ1n) is 6.28. The Kier molecular flexibility index (Phi) is 4.14. The molecule has 0 saturated carbocycles. The summed E-state index contributed by atoms with van der Waals surface area (Å²) in [7, 11) is 1.85. The van der Waals surface area contributed by atoms with Crippen LogP contribution < -0.4 is 10.6 Å². The second-order valence-corrected chi connectivity index (χ2v) is 4.47. The largest absolute Gasteiger partial charge is 0.372 e. The van der Waals surface area contributed by atoms with Gasteiger partial charge in [-0.3, -0.25) is 4.98 Å². The number of aromatic nitrogens is 2. The van der Waals surface area contributed by atoms with Crippen LogP contribution in [0.15, 0.2) is 12.4 Å². The molecule has 1 unspecified atom stereocenters. The molecule has 1 saturated heterocycles. The molecule has 1 aromatic rings. The average Bonchev–Trinajstić information content (AvgIpc) is 2.84. The van der Waals surface area contributed by atoms with Crippen molar-refractivity contribution in [2.75, 3.05) is 43.9 Å². The summed E-state index contributed by atoms with van der Waals surface area (Å²) < 4.78 is 0. The number of nitrogens with zero attached hydrogens (tertiary/aromatic N) is 3. The third-order valence-corrected chi connectivity index (χ3v) is 3.28. The number of hydrogen-bond donors (Lipinski definition) is 2. The molecule has 0 amide bonds. The molecular formula is C12H21N5. The summed E-state index contributed by atoms with van der Waals surface area (Å²) in [4.78, 5) is 11.0. The van der Waals surface area contributed by atoms with Crippen LogP contribution in [-0.2, 0) is 0 Å². The molecule has 0 spiro atoms. The molecule has 17 heavy (non-hydrogen) atoms. The highest BCUT2D eigenvalue weighted by atomic mass is 15.1. The molecule has 5 heteroatoms. The van der Waals surface area contributed by atoms with E-state index >= 15 is 0 Å². The zero-order valence-corrected chi connectivity index (χ0v) is 10.6. The van der Waals surface area contributed by atoms with Gasteiger partial charge in [0.2, 0.25) is 0 Å². The first kappa shape index (κ1) is 12.1. The average molecular weight is 235 g/mol. The fourth-order valence-electron chi connectivity index (χ4n) is 2.19. The monoisotopic (exact) mass is 235 g/mol. The Hall–Kier alpha value is -1.36. The lowest BCUT2D eigenvalue weighted by Gasteiger charge is -2.14. The van der Waals surface area contributed by atoms with Gasteiger partial charge in [-0.25, -0.2) is 4.98 Å². The minimum Gasteiger partial charge on any atom is -0.372 e. The summed E-state index contributed by atoms with van der Waals surface area (Å²) in [6.45, 7) is 6.79. The Morgan fingerprint density at radius 3 is 2.94 bits per heavy atom. The molecule has 0 aliphatic carbocycles. The van der Waals surface area contributed by atoms with Gasteiger partial charge in [-0.15, -0.1) is 0 Å². The summed E-state index contributed by atoms with van der Waals surface area (Å²) >= 11 is 0. The molecule has 2 rings (SSSR count). The van der Waals surface area contributed by atoms with E-state index in [9.17, 15) is 0 Å². The fraction of sp³-hybridized carbons (Fsp3) is 0.667. The number of rotatable bonds is 5. The minimum absolute atomic E-state index is 0.731. The Morgan fingerprint density at radius 1 is 1.41 bits per heavy atom. The van der Waals surface area contributed by atoms with Gasteiger partial charge in [0, 0.05) is 20.1 Å². The van der Waals surface area contributed by atoms with E-state index in [1.165, 1.54) is 19.5 Å². The standard InChI is InChI=1S/C12H21N5/c1-3-17-5-4-10(9-17)6-15-12-8-14-7-11(13-2)16-12/h7-8,10H,3-6,9H2,1-2H3,(H2,13,15,16). The summed E-state index contributed by atoms with van der Waals surface area (Å²) in [5.74, 6) is 2.39. The Balaban J connectivity index is 1.81. The molecule has 5 nitrogen and oxygen atoms in total. The van der Waals surface area contributed by atoms with Gasteiger partial charge in [-0.1, -0.05) is 6.92 Å². The van der Waals surface area contributed by atoms with Crippen molar-refractivity contribution in [3.05, 3.63) is 12.4 Å². The molecule has 1 aliphatic rings. The summed E-state index contributed by atoms with van der Waals surface area (Å²) in [5.41, 5.74) is 0. The van der Waals surface area contributed by atoms with Gasteiger partial charge in [-0.2, -0.15) is 0 Å². The fourth-order valence-corrected chi connectivity index (χ4v) is 2.19. The van der Waals surface area contributed by atoms with Gasteiger partial charge < -0.3 is 15.5 Å². The van der Waals surface area contributed by atoms with Gasteiger partial charge >= 0.3 is 0 Å². The zero-order chi connectivity index (χ0) is 12.1. The number of likely N-dealkylation sites (tertiary alicyclic amines) is 1. The van der Waals surface area contributed by atoms with Crippen molar-refractivity contribution in [1.82, 2.24) is 14.9 Å². The van der Waals surface area contributed by atoms with E-state index < -0.39 is 0 Å².